The van der Waals surface area contributed by atoms with Gasteiger partial charge in [-0.25, -0.2) is 4.98 Å². The summed E-state index contributed by atoms with van der Waals surface area (Å²) in [6.45, 7) is 0. The Labute approximate surface area is 234 Å². The van der Waals surface area contributed by atoms with Crippen LogP contribution in [0.5, 0.6) is 0 Å². The van der Waals surface area contributed by atoms with Gasteiger partial charge >= 0.3 is 0 Å². The highest BCUT2D eigenvalue weighted by Gasteiger charge is 2.17. The maximum Gasteiger partial charge on any atom is 0.141 e. The minimum Gasteiger partial charge on any atom is -0.309 e. The standard InChI is InChI=1S/C36H21N3S/c37-22-26-11-7-15-31(38-26)25-10-5-8-23(20-25)24-9-6-12-27(21-24)39-32-16-3-1-14-30(32)35-33(39)19-18-29-28-13-2-4-17-34(28)40-36(29)35/h1-21H. The molecule has 4 heteroatoms. The molecule has 8 aromatic rings. The zero-order valence-electron chi connectivity index (χ0n) is 21.4. The van der Waals surface area contributed by atoms with Crippen LogP contribution in [0.1, 0.15) is 5.69 Å². The largest absolute Gasteiger partial charge is 0.309 e. The van der Waals surface area contributed by atoms with Crippen molar-refractivity contribution in [2.75, 3.05) is 0 Å². The number of benzene rings is 5. The Morgan fingerprint density at radius 1 is 0.600 bits per heavy atom. The summed E-state index contributed by atoms with van der Waals surface area (Å²) in [5, 5.41) is 14.5. The van der Waals surface area contributed by atoms with Crippen LogP contribution in [-0.4, -0.2) is 9.55 Å². The third-order valence-electron chi connectivity index (χ3n) is 7.64. The molecule has 0 radical (unpaired) electrons. The van der Waals surface area contributed by atoms with E-state index in [1.165, 1.54) is 42.0 Å². The lowest BCUT2D eigenvalue weighted by molar-refractivity contribution is 1.18. The van der Waals surface area contributed by atoms with E-state index in [9.17, 15) is 5.26 Å². The number of pyridine rings is 1. The number of aromatic nitrogens is 2. The Kier molecular flexibility index (Phi) is 5.06. The fraction of sp³-hybridized carbons (Fsp3) is 0. The molecule has 0 fully saturated rings. The molecular weight excluding hydrogens is 506 g/mol. The van der Waals surface area contributed by atoms with Gasteiger partial charge in [-0.1, -0.05) is 78.9 Å². The number of hydrogen-bond acceptors (Lipinski definition) is 3. The summed E-state index contributed by atoms with van der Waals surface area (Å²) >= 11 is 1.88. The number of hydrogen-bond donors (Lipinski definition) is 0. The van der Waals surface area contributed by atoms with Crippen molar-refractivity contribution >= 4 is 53.3 Å². The first-order valence-corrected chi connectivity index (χ1v) is 14.0. The van der Waals surface area contributed by atoms with Crippen molar-refractivity contribution in [2.45, 2.75) is 0 Å². The van der Waals surface area contributed by atoms with Crippen molar-refractivity contribution < 1.29 is 0 Å². The van der Waals surface area contributed by atoms with Gasteiger partial charge in [-0.05, 0) is 59.7 Å². The van der Waals surface area contributed by atoms with Gasteiger partial charge in [-0.3, -0.25) is 0 Å². The third-order valence-corrected chi connectivity index (χ3v) is 8.84. The van der Waals surface area contributed by atoms with Gasteiger partial charge in [0.2, 0.25) is 0 Å². The van der Waals surface area contributed by atoms with E-state index in [1.54, 1.807) is 6.07 Å². The van der Waals surface area contributed by atoms with Gasteiger partial charge in [0.15, 0.2) is 0 Å². The zero-order valence-corrected chi connectivity index (χ0v) is 22.2. The average molecular weight is 528 g/mol. The number of rotatable bonds is 3. The Bertz CT molecular complexity index is 2300. The van der Waals surface area contributed by atoms with Crippen LogP contribution in [0.2, 0.25) is 0 Å². The van der Waals surface area contributed by atoms with Crippen LogP contribution in [0.3, 0.4) is 0 Å². The van der Waals surface area contributed by atoms with Gasteiger partial charge < -0.3 is 4.57 Å². The van der Waals surface area contributed by atoms with Crippen molar-refractivity contribution in [3.05, 3.63) is 133 Å². The smallest absolute Gasteiger partial charge is 0.141 e. The van der Waals surface area contributed by atoms with Gasteiger partial charge in [-0.2, -0.15) is 5.26 Å². The van der Waals surface area contributed by atoms with Crippen molar-refractivity contribution in [1.29, 1.82) is 5.26 Å². The highest BCUT2D eigenvalue weighted by molar-refractivity contribution is 7.26. The number of nitriles is 1. The van der Waals surface area contributed by atoms with Crippen LogP contribution >= 0.6 is 11.3 Å². The summed E-state index contributed by atoms with van der Waals surface area (Å²) in [6.07, 6.45) is 0. The topological polar surface area (TPSA) is 41.6 Å². The molecule has 0 aliphatic heterocycles. The van der Waals surface area contributed by atoms with Crippen LogP contribution in [0, 0.1) is 11.3 Å². The summed E-state index contributed by atoms with van der Waals surface area (Å²) in [6, 6.07) is 46.8. The van der Waals surface area contributed by atoms with E-state index in [1.807, 2.05) is 29.5 Å². The van der Waals surface area contributed by atoms with E-state index in [0.29, 0.717) is 5.69 Å². The van der Waals surface area contributed by atoms with Crippen LogP contribution in [0.15, 0.2) is 127 Å². The van der Waals surface area contributed by atoms with Crippen LogP contribution in [-0.2, 0) is 0 Å². The Morgan fingerprint density at radius 3 is 2.25 bits per heavy atom. The number of nitrogens with zero attached hydrogens (tertiary/aromatic N) is 3. The van der Waals surface area contributed by atoms with Crippen LogP contribution in [0.4, 0.5) is 0 Å². The molecule has 0 aliphatic carbocycles. The average Bonchev–Trinajstić information content (AvgIpc) is 3.57. The number of fused-ring (bicyclic) bond motifs is 7. The van der Waals surface area contributed by atoms with Gasteiger partial charge in [0.05, 0.1) is 16.7 Å². The highest BCUT2D eigenvalue weighted by atomic mass is 32.1. The molecule has 0 spiro atoms. The fourth-order valence-electron chi connectivity index (χ4n) is 5.85. The second-order valence-corrected chi connectivity index (χ2v) is 11.0. The van der Waals surface area contributed by atoms with Crippen molar-refractivity contribution in [2.24, 2.45) is 0 Å². The predicted molar refractivity (Wildman–Crippen MR) is 167 cm³/mol. The van der Waals surface area contributed by atoms with E-state index in [-0.39, 0.29) is 0 Å². The Morgan fingerprint density at radius 2 is 1.35 bits per heavy atom. The maximum atomic E-state index is 9.29. The van der Waals surface area contributed by atoms with Crippen LogP contribution < -0.4 is 0 Å². The first-order valence-electron chi connectivity index (χ1n) is 13.2. The normalized spacial score (nSPS) is 11.5. The molecule has 0 saturated heterocycles. The highest BCUT2D eigenvalue weighted by Crippen LogP contribution is 2.43. The molecule has 8 rings (SSSR count). The van der Waals surface area contributed by atoms with E-state index in [4.69, 9.17) is 0 Å². The molecule has 0 atom stereocenters. The summed E-state index contributed by atoms with van der Waals surface area (Å²) in [7, 11) is 0. The molecule has 0 saturated carbocycles. The molecular formula is C36H21N3S. The van der Waals surface area contributed by atoms with Crippen molar-refractivity contribution in [1.82, 2.24) is 9.55 Å². The Balaban J connectivity index is 1.33. The second kappa shape index (κ2) is 8.91. The van der Waals surface area contributed by atoms with E-state index in [2.05, 4.69) is 119 Å². The summed E-state index contributed by atoms with van der Waals surface area (Å²) in [5.41, 5.74) is 7.98. The fourth-order valence-corrected chi connectivity index (χ4v) is 7.11. The molecule has 5 aromatic carbocycles. The van der Waals surface area contributed by atoms with E-state index < -0.39 is 0 Å². The first kappa shape index (κ1) is 22.7. The first-order chi connectivity index (χ1) is 19.8. The quantitative estimate of drug-likeness (QED) is 0.229. The summed E-state index contributed by atoms with van der Waals surface area (Å²) in [5.74, 6) is 0. The van der Waals surface area contributed by atoms with Crippen molar-refractivity contribution in [3.8, 4) is 34.1 Å². The maximum absolute atomic E-state index is 9.29. The van der Waals surface area contributed by atoms with Gasteiger partial charge in [0.1, 0.15) is 11.8 Å². The minimum absolute atomic E-state index is 0.420. The zero-order chi connectivity index (χ0) is 26.6. The van der Waals surface area contributed by atoms with Gasteiger partial charge in [-0.15, -0.1) is 11.3 Å². The van der Waals surface area contributed by atoms with Gasteiger partial charge in [0.25, 0.3) is 0 Å². The summed E-state index contributed by atoms with van der Waals surface area (Å²) < 4.78 is 5.04. The van der Waals surface area contributed by atoms with Gasteiger partial charge in [0, 0.05) is 42.2 Å². The van der Waals surface area contributed by atoms with E-state index >= 15 is 0 Å². The monoisotopic (exact) mass is 527 g/mol. The molecule has 0 aliphatic rings. The Hall–Kier alpha value is -5.24. The molecule has 3 aromatic heterocycles. The molecule has 0 unspecified atom stereocenters. The lowest BCUT2D eigenvalue weighted by atomic mass is 10.0. The SMILES string of the molecule is N#Cc1cccc(-c2cccc(-c3cccc(-n4c5ccccc5c5c6sc7ccccc7c6ccc54)c3)c2)n1. The molecule has 186 valence electrons. The lowest BCUT2D eigenvalue weighted by Gasteiger charge is -2.11. The minimum atomic E-state index is 0.420. The van der Waals surface area contributed by atoms with E-state index in [0.717, 1.165) is 28.1 Å². The molecule has 40 heavy (non-hydrogen) atoms. The van der Waals surface area contributed by atoms with Crippen LogP contribution in [0.25, 0.3) is 70.0 Å². The molecule has 0 bridgehead atoms. The molecule has 0 amide bonds. The molecule has 3 heterocycles. The lowest BCUT2D eigenvalue weighted by Crippen LogP contribution is -1.94. The summed E-state index contributed by atoms with van der Waals surface area (Å²) in [4.78, 5) is 4.50. The second-order valence-electron chi connectivity index (χ2n) is 9.94. The number of para-hydroxylation sites is 1. The predicted octanol–water partition coefficient (Wildman–Crippen LogP) is 9.75. The van der Waals surface area contributed by atoms with Crippen molar-refractivity contribution in [3.63, 3.8) is 0 Å². The molecule has 3 nitrogen and oxygen atoms in total. The molecule has 0 N–H and O–H groups in total. The third kappa shape index (κ3) is 3.46. The number of thiophene rings is 1.